The van der Waals surface area contributed by atoms with E-state index in [4.69, 9.17) is 15.1 Å². The van der Waals surface area contributed by atoms with Crippen LogP contribution in [0.25, 0.3) is 22.1 Å². The van der Waals surface area contributed by atoms with Gasteiger partial charge in [-0.15, -0.1) is 11.3 Å². The van der Waals surface area contributed by atoms with E-state index in [0.29, 0.717) is 24.6 Å². The third kappa shape index (κ3) is 5.23. The van der Waals surface area contributed by atoms with Crippen molar-refractivity contribution in [3.05, 3.63) is 41.0 Å². The van der Waals surface area contributed by atoms with Crippen molar-refractivity contribution >= 4 is 29.7 Å². The second-order valence-corrected chi connectivity index (χ2v) is 9.78. The molecule has 1 aromatic carbocycles. The Morgan fingerprint density at radius 1 is 1.47 bits per heavy atom. The number of likely N-dealkylation sites (N-methyl/N-ethyl adjacent to an activating group) is 1. The molecular weight excluding hydrogens is 452 g/mol. The maximum Gasteiger partial charge on any atom is 0.239 e. The van der Waals surface area contributed by atoms with Crippen molar-refractivity contribution in [3.63, 3.8) is 0 Å². The van der Waals surface area contributed by atoms with Crippen molar-refractivity contribution < 1.29 is 14.6 Å². The SMILES string of the molecule is CNC(=O)Cn1ccnc1-c1nc2c(s1)CCOc1cc(C(C=N)C=NCC(C)(C)O)ccc1-2. The molecule has 0 saturated carbocycles. The summed E-state index contributed by atoms with van der Waals surface area (Å²) >= 11 is 1.56. The number of ether oxygens (including phenoxy) is 1. The molecule has 0 spiro atoms. The Labute approximate surface area is 202 Å². The lowest BCUT2D eigenvalue weighted by molar-refractivity contribution is -0.121. The number of hydrogen-bond donors (Lipinski definition) is 3. The summed E-state index contributed by atoms with van der Waals surface area (Å²) < 4.78 is 7.83. The number of imidazole rings is 1. The molecule has 1 unspecified atom stereocenters. The number of nitrogens with zero attached hydrogens (tertiary/aromatic N) is 4. The van der Waals surface area contributed by atoms with Crippen molar-refractivity contribution in [1.82, 2.24) is 19.9 Å². The van der Waals surface area contributed by atoms with Crippen LogP contribution in [0.15, 0.2) is 35.6 Å². The molecule has 0 radical (unpaired) electrons. The molecule has 1 amide bonds. The van der Waals surface area contributed by atoms with Gasteiger partial charge in [0.05, 0.1) is 30.4 Å². The van der Waals surface area contributed by atoms with Crippen molar-refractivity contribution in [2.75, 3.05) is 20.2 Å². The molecule has 3 N–H and O–H groups in total. The minimum Gasteiger partial charge on any atom is -0.492 e. The van der Waals surface area contributed by atoms with Gasteiger partial charge >= 0.3 is 0 Å². The van der Waals surface area contributed by atoms with Crippen LogP contribution in [0.1, 0.15) is 30.2 Å². The minimum absolute atomic E-state index is 0.101. The normalized spacial score (nSPS) is 14.1. The second kappa shape index (κ2) is 9.86. The number of hydrogen-bond acceptors (Lipinski definition) is 8. The van der Waals surface area contributed by atoms with Gasteiger partial charge in [0, 0.05) is 48.7 Å². The first kappa shape index (κ1) is 23.8. The summed E-state index contributed by atoms with van der Waals surface area (Å²) in [4.78, 5) is 26.6. The number of carbonyl (C=O) groups excluding carboxylic acids is 1. The Morgan fingerprint density at radius 2 is 2.29 bits per heavy atom. The van der Waals surface area contributed by atoms with E-state index in [2.05, 4.69) is 15.3 Å². The van der Waals surface area contributed by atoms with Crippen LogP contribution in [-0.2, 0) is 17.8 Å². The molecule has 4 rings (SSSR count). The van der Waals surface area contributed by atoms with Gasteiger partial charge in [-0.25, -0.2) is 9.97 Å². The highest BCUT2D eigenvalue weighted by molar-refractivity contribution is 7.15. The van der Waals surface area contributed by atoms with E-state index in [-0.39, 0.29) is 24.9 Å². The Morgan fingerprint density at radius 3 is 3.03 bits per heavy atom. The summed E-state index contributed by atoms with van der Waals surface area (Å²) in [6.07, 6.45) is 7.17. The smallest absolute Gasteiger partial charge is 0.239 e. The van der Waals surface area contributed by atoms with Crippen LogP contribution in [0.5, 0.6) is 5.75 Å². The number of aromatic nitrogens is 3. The van der Waals surface area contributed by atoms with Gasteiger partial charge in [0.2, 0.25) is 5.91 Å². The van der Waals surface area contributed by atoms with Crippen LogP contribution in [0.4, 0.5) is 0 Å². The number of benzene rings is 1. The first-order valence-corrected chi connectivity index (χ1v) is 11.8. The first-order valence-electron chi connectivity index (χ1n) is 11.0. The minimum atomic E-state index is -0.895. The van der Waals surface area contributed by atoms with E-state index in [1.54, 1.807) is 55.4 Å². The fourth-order valence-electron chi connectivity index (χ4n) is 3.63. The molecule has 0 fully saturated rings. The summed E-state index contributed by atoms with van der Waals surface area (Å²) in [6, 6.07) is 5.85. The fraction of sp³-hybridized carbons (Fsp3) is 0.375. The average Bonchev–Trinajstić information content (AvgIpc) is 3.39. The van der Waals surface area contributed by atoms with Crippen LogP contribution >= 0.6 is 11.3 Å². The topological polar surface area (TPSA) is 125 Å². The van der Waals surface area contributed by atoms with Gasteiger partial charge in [-0.05, 0) is 31.5 Å². The Kier molecular flexibility index (Phi) is 6.90. The Hall–Kier alpha value is -3.37. The lowest BCUT2D eigenvalue weighted by atomic mass is 9.98. The summed E-state index contributed by atoms with van der Waals surface area (Å²) in [5.74, 6) is 0.954. The molecular formula is C24H28N6O3S. The number of amides is 1. The van der Waals surface area contributed by atoms with Crippen molar-refractivity contribution in [1.29, 1.82) is 5.41 Å². The molecule has 9 nitrogen and oxygen atoms in total. The van der Waals surface area contributed by atoms with Gasteiger partial charge in [-0.1, -0.05) is 6.07 Å². The zero-order valence-electron chi connectivity index (χ0n) is 19.4. The maximum atomic E-state index is 11.9. The quantitative estimate of drug-likeness (QED) is 0.428. The molecule has 34 heavy (non-hydrogen) atoms. The van der Waals surface area contributed by atoms with Crippen molar-refractivity contribution in [3.8, 4) is 27.8 Å². The van der Waals surface area contributed by atoms with E-state index in [1.165, 1.54) is 6.21 Å². The molecule has 0 saturated heterocycles. The van der Waals surface area contributed by atoms with E-state index in [9.17, 15) is 9.90 Å². The lowest BCUT2D eigenvalue weighted by Gasteiger charge is -2.15. The summed E-state index contributed by atoms with van der Waals surface area (Å²) in [7, 11) is 1.61. The molecule has 3 aromatic rings. The highest BCUT2D eigenvalue weighted by Crippen LogP contribution is 2.40. The first-order chi connectivity index (χ1) is 16.3. The van der Waals surface area contributed by atoms with E-state index >= 15 is 0 Å². The van der Waals surface area contributed by atoms with Crippen LogP contribution < -0.4 is 10.1 Å². The predicted molar refractivity (Wildman–Crippen MR) is 133 cm³/mol. The molecule has 1 atom stereocenters. The van der Waals surface area contributed by atoms with Gasteiger partial charge in [0.1, 0.15) is 12.3 Å². The van der Waals surface area contributed by atoms with Crippen LogP contribution in [-0.4, -0.2) is 63.8 Å². The molecule has 0 aliphatic carbocycles. The summed E-state index contributed by atoms with van der Waals surface area (Å²) in [5.41, 5.74) is 1.73. The molecule has 1 aliphatic rings. The highest BCUT2D eigenvalue weighted by atomic mass is 32.1. The third-order valence-corrected chi connectivity index (χ3v) is 6.46. The molecule has 178 valence electrons. The zero-order chi connectivity index (χ0) is 24.3. The largest absolute Gasteiger partial charge is 0.492 e. The predicted octanol–water partition coefficient (Wildman–Crippen LogP) is 2.93. The Bertz CT molecular complexity index is 1220. The van der Waals surface area contributed by atoms with Gasteiger partial charge in [-0.2, -0.15) is 0 Å². The number of nitrogens with one attached hydrogen (secondary N) is 2. The zero-order valence-corrected chi connectivity index (χ0v) is 20.2. The second-order valence-electron chi connectivity index (χ2n) is 8.69. The number of thiazole rings is 1. The fourth-order valence-corrected chi connectivity index (χ4v) is 4.70. The number of fused-ring (bicyclic) bond motifs is 3. The van der Waals surface area contributed by atoms with Gasteiger partial charge in [0.15, 0.2) is 10.8 Å². The standard InChI is InChI=1S/C24H28N6O3S/c1-24(2,32)14-27-12-16(11-25)15-4-5-17-18(10-15)33-9-6-19-21(17)29-23(34-19)22-28-7-8-30(22)13-20(31)26-3/h4-5,7-8,10-12,16,25,32H,6,9,13-14H2,1-3H3,(H,26,31). The van der Waals surface area contributed by atoms with Crippen LogP contribution in [0, 0.1) is 5.41 Å². The van der Waals surface area contributed by atoms with E-state index in [0.717, 1.165) is 26.7 Å². The van der Waals surface area contributed by atoms with E-state index < -0.39 is 5.60 Å². The van der Waals surface area contributed by atoms with Crippen molar-refractivity contribution in [2.24, 2.45) is 4.99 Å². The average molecular weight is 481 g/mol. The maximum absolute atomic E-state index is 11.9. The number of carbonyl (C=O) groups is 1. The van der Waals surface area contributed by atoms with E-state index in [1.807, 2.05) is 18.2 Å². The van der Waals surface area contributed by atoms with Crippen LogP contribution in [0.2, 0.25) is 0 Å². The van der Waals surface area contributed by atoms with Crippen molar-refractivity contribution in [2.45, 2.75) is 38.3 Å². The van der Waals surface area contributed by atoms with Gasteiger partial charge < -0.3 is 25.1 Å². The number of rotatable bonds is 8. The third-order valence-electron chi connectivity index (χ3n) is 5.35. The molecule has 0 bridgehead atoms. The molecule has 10 heteroatoms. The summed E-state index contributed by atoms with van der Waals surface area (Å²) in [5, 5.41) is 21.1. The molecule has 1 aliphatic heterocycles. The molecule has 2 aromatic heterocycles. The molecule has 3 heterocycles. The number of aliphatic hydroxyl groups is 1. The lowest BCUT2D eigenvalue weighted by Crippen LogP contribution is -2.23. The van der Waals surface area contributed by atoms with Gasteiger partial charge in [-0.3, -0.25) is 9.79 Å². The summed E-state index contributed by atoms with van der Waals surface area (Å²) in [6.45, 7) is 4.35. The number of aliphatic imine (C=N–C) groups is 1. The monoisotopic (exact) mass is 480 g/mol. The van der Waals surface area contributed by atoms with Gasteiger partial charge in [0.25, 0.3) is 0 Å². The Balaban J connectivity index is 1.65. The highest BCUT2D eigenvalue weighted by Gasteiger charge is 2.24. The van der Waals surface area contributed by atoms with Crippen LogP contribution in [0.3, 0.4) is 0 Å².